The standard InChI is InChI=1S/C15H12BrN3O/c16-13-6-2-1-5-11(13)9-12-10-15(20)19(18-12)14-7-3-4-8-17-14/h1-8,10,18H,9H2. The topological polar surface area (TPSA) is 50.7 Å². The van der Waals surface area contributed by atoms with Crippen molar-refractivity contribution in [2.24, 2.45) is 0 Å². The lowest BCUT2D eigenvalue weighted by molar-refractivity contribution is 0.798. The first-order chi connectivity index (χ1) is 9.74. The summed E-state index contributed by atoms with van der Waals surface area (Å²) >= 11 is 3.51. The van der Waals surface area contributed by atoms with Gasteiger partial charge in [-0.15, -0.1) is 0 Å². The van der Waals surface area contributed by atoms with E-state index >= 15 is 0 Å². The fraction of sp³-hybridized carbons (Fsp3) is 0.0667. The zero-order valence-electron chi connectivity index (χ0n) is 10.6. The van der Waals surface area contributed by atoms with Crippen molar-refractivity contribution in [3.63, 3.8) is 0 Å². The third-order valence-electron chi connectivity index (χ3n) is 2.99. The number of rotatable bonds is 3. The van der Waals surface area contributed by atoms with Crippen molar-refractivity contribution in [2.45, 2.75) is 6.42 Å². The van der Waals surface area contributed by atoms with Gasteiger partial charge >= 0.3 is 0 Å². The first-order valence-corrected chi connectivity index (χ1v) is 6.99. The molecule has 0 radical (unpaired) electrons. The van der Waals surface area contributed by atoms with Crippen molar-refractivity contribution in [3.8, 4) is 5.82 Å². The lowest BCUT2D eigenvalue weighted by Crippen LogP contribution is -2.14. The van der Waals surface area contributed by atoms with Gasteiger partial charge in [-0.3, -0.25) is 9.89 Å². The van der Waals surface area contributed by atoms with Crippen LogP contribution in [-0.2, 0) is 6.42 Å². The van der Waals surface area contributed by atoms with Crippen LogP contribution in [0, 0.1) is 0 Å². The van der Waals surface area contributed by atoms with Gasteiger partial charge in [0.1, 0.15) is 0 Å². The van der Waals surface area contributed by atoms with Gasteiger partial charge in [0.2, 0.25) is 0 Å². The molecule has 0 unspecified atom stereocenters. The van der Waals surface area contributed by atoms with E-state index in [4.69, 9.17) is 0 Å². The number of halogens is 1. The molecule has 4 nitrogen and oxygen atoms in total. The third-order valence-corrected chi connectivity index (χ3v) is 3.76. The Bertz CT molecular complexity index is 777. The summed E-state index contributed by atoms with van der Waals surface area (Å²) in [4.78, 5) is 16.2. The summed E-state index contributed by atoms with van der Waals surface area (Å²) in [7, 11) is 0. The van der Waals surface area contributed by atoms with Gasteiger partial charge in [-0.25, -0.2) is 9.67 Å². The highest BCUT2D eigenvalue weighted by molar-refractivity contribution is 9.10. The van der Waals surface area contributed by atoms with E-state index in [9.17, 15) is 4.79 Å². The van der Waals surface area contributed by atoms with E-state index in [1.807, 2.05) is 36.4 Å². The van der Waals surface area contributed by atoms with Crippen LogP contribution in [0.25, 0.3) is 5.82 Å². The Kier molecular flexibility index (Phi) is 3.52. The number of hydrogen-bond donors (Lipinski definition) is 1. The Hall–Kier alpha value is -2.14. The Balaban J connectivity index is 1.94. The summed E-state index contributed by atoms with van der Waals surface area (Å²) in [6.45, 7) is 0. The minimum absolute atomic E-state index is 0.106. The zero-order chi connectivity index (χ0) is 13.9. The quantitative estimate of drug-likeness (QED) is 0.803. The molecule has 0 amide bonds. The summed E-state index contributed by atoms with van der Waals surface area (Å²) in [5.74, 6) is 0.593. The van der Waals surface area contributed by atoms with E-state index in [1.54, 1.807) is 18.3 Å². The van der Waals surface area contributed by atoms with E-state index in [-0.39, 0.29) is 5.56 Å². The van der Waals surface area contributed by atoms with Crippen LogP contribution in [0.3, 0.4) is 0 Å². The second-order valence-electron chi connectivity index (χ2n) is 4.41. The van der Waals surface area contributed by atoms with E-state index in [2.05, 4.69) is 26.0 Å². The number of H-pyrrole nitrogens is 1. The molecule has 2 heterocycles. The highest BCUT2D eigenvalue weighted by atomic mass is 79.9. The summed E-state index contributed by atoms with van der Waals surface area (Å²) < 4.78 is 2.48. The second-order valence-corrected chi connectivity index (χ2v) is 5.27. The van der Waals surface area contributed by atoms with Crippen molar-refractivity contribution >= 4 is 15.9 Å². The zero-order valence-corrected chi connectivity index (χ0v) is 12.2. The first-order valence-electron chi connectivity index (χ1n) is 6.20. The fourth-order valence-corrected chi connectivity index (χ4v) is 2.46. The van der Waals surface area contributed by atoms with Gasteiger partial charge in [-0.1, -0.05) is 40.2 Å². The summed E-state index contributed by atoms with van der Waals surface area (Å²) in [5.41, 5.74) is 1.88. The van der Waals surface area contributed by atoms with Gasteiger partial charge in [0.15, 0.2) is 5.82 Å². The summed E-state index contributed by atoms with van der Waals surface area (Å²) in [6.07, 6.45) is 2.33. The van der Waals surface area contributed by atoms with Crippen LogP contribution in [0.2, 0.25) is 0 Å². The van der Waals surface area contributed by atoms with Crippen LogP contribution >= 0.6 is 15.9 Å². The van der Waals surface area contributed by atoms with Crippen molar-refractivity contribution in [2.75, 3.05) is 0 Å². The average Bonchev–Trinajstić information content (AvgIpc) is 2.83. The fourth-order valence-electron chi connectivity index (χ4n) is 2.04. The Morgan fingerprint density at radius 2 is 1.95 bits per heavy atom. The van der Waals surface area contributed by atoms with Crippen molar-refractivity contribution in [1.29, 1.82) is 0 Å². The molecule has 1 N–H and O–H groups in total. The maximum atomic E-state index is 12.0. The summed E-state index contributed by atoms with van der Waals surface area (Å²) in [6, 6.07) is 15.0. The predicted molar refractivity (Wildman–Crippen MR) is 81.1 cm³/mol. The van der Waals surface area contributed by atoms with Crippen molar-refractivity contribution < 1.29 is 0 Å². The number of benzene rings is 1. The maximum Gasteiger partial charge on any atom is 0.272 e. The molecule has 0 spiro atoms. The van der Waals surface area contributed by atoms with Gasteiger partial charge in [-0.2, -0.15) is 0 Å². The highest BCUT2D eigenvalue weighted by Gasteiger charge is 2.07. The SMILES string of the molecule is O=c1cc(Cc2ccccc2Br)[nH]n1-c1ccccn1. The molecule has 0 aliphatic heterocycles. The van der Waals surface area contributed by atoms with Crippen LogP contribution in [0.5, 0.6) is 0 Å². The molecule has 0 bridgehead atoms. The first kappa shape index (κ1) is 12.9. The normalized spacial score (nSPS) is 10.7. The van der Waals surface area contributed by atoms with Gasteiger partial charge in [0.25, 0.3) is 5.56 Å². The van der Waals surface area contributed by atoms with Gasteiger partial charge in [-0.05, 0) is 23.8 Å². The molecule has 0 atom stereocenters. The molecule has 0 aliphatic rings. The van der Waals surface area contributed by atoms with Crippen molar-refractivity contribution in [1.82, 2.24) is 14.8 Å². The Morgan fingerprint density at radius 1 is 1.15 bits per heavy atom. The van der Waals surface area contributed by atoms with E-state index < -0.39 is 0 Å². The van der Waals surface area contributed by atoms with E-state index in [1.165, 1.54) is 4.68 Å². The van der Waals surface area contributed by atoms with Crippen LogP contribution in [0.15, 0.2) is 64.0 Å². The molecular weight excluding hydrogens is 318 g/mol. The Morgan fingerprint density at radius 3 is 2.70 bits per heavy atom. The molecular formula is C15H12BrN3O. The summed E-state index contributed by atoms with van der Waals surface area (Å²) in [5, 5.41) is 3.09. The molecule has 3 rings (SSSR count). The molecule has 0 fully saturated rings. The number of hydrogen-bond acceptors (Lipinski definition) is 2. The molecule has 3 aromatic rings. The smallest absolute Gasteiger partial charge is 0.272 e. The van der Waals surface area contributed by atoms with Crippen LogP contribution in [0.1, 0.15) is 11.3 Å². The minimum Gasteiger partial charge on any atom is -0.293 e. The van der Waals surface area contributed by atoms with Gasteiger partial charge in [0, 0.05) is 28.9 Å². The molecule has 0 saturated heterocycles. The largest absolute Gasteiger partial charge is 0.293 e. The number of pyridine rings is 1. The van der Waals surface area contributed by atoms with Crippen LogP contribution < -0.4 is 5.56 Å². The lowest BCUT2D eigenvalue weighted by atomic mass is 10.1. The maximum absolute atomic E-state index is 12.0. The van der Waals surface area contributed by atoms with Crippen LogP contribution in [0.4, 0.5) is 0 Å². The number of aromatic amines is 1. The molecule has 0 aliphatic carbocycles. The Labute approximate surface area is 124 Å². The van der Waals surface area contributed by atoms with Crippen LogP contribution in [-0.4, -0.2) is 14.8 Å². The monoisotopic (exact) mass is 329 g/mol. The number of aromatic nitrogens is 3. The molecule has 5 heteroatoms. The molecule has 20 heavy (non-hydrogen) atoms. The lowest BCUT2D eigenvalue weighted by Gasteiger charge is -2.03. The van der Waals surface area contributed by atoms with Crippen molar-refractivity contribution in [3.05, 3.63) is 80.8 Å². The van der Waals surface area contributed by atoms with Gasteiger partial charge in [0.05, 0.1) is 0 Å². The molecule has 1 aromatic carbocycles. The highest BCUT2D eigenvalue weighted by Crippen LogP contribution is 2.18. The minimum atomic E-state index is -0.106. The third kappa shape index (κ3) is 2.58. The molecule has 2 aromatic heterocycles. The second kappa shape index (κ2) is 5.46. The van der Waals surface area contributed by atoms with Gasteiger partial charge < -0.3 is 0 Å². The predicted octanol–water partition coefficient (Wildman–Crippen LogP) is 2.91. The number of nitrogens with zero attached hydrogens (tertiary/aromatic N) is 2. The molecule has 0 saturated carbocycles. The van der Waals surface area contributed by atoms with E-state index in [0.717, 1.165) is 15.7 Å². The van der Waals surface area contributed by atoms with E-state index in [0.29, 0.717) is 12.2 Å². The molecule has 100 valence electrons. The number of nitrogens with one attached hydrogen (secondary N) is 1. The average molecular weight is 330 g/mol.